The molecule has 2 amide bonds. The predicted octanol–water partition coefficient (Wildman–Crippen LogP) is 4.08. The number of hydrogen-bond donors (Lipinski definition) is 2. The molecule has 4 aliphatic rings. The van der Waals surface area contributed by atoms with E-state index in [-0.39, 0.29) is 11.3 Å². The Kier molecular flexibility index (Phi) is 4.71. The summed E-state index contributed by atoms with van der Waals surface area (Å²) in [5.41, 5.74) is 4.36. The molecule has 5 rings (SSSR count). The molecular formula is C21H23F3N2O2. The molecule has 4 nitrogen and oxygen atoms in total. The summed E-state index contributed by atoms with van der Waals surface area (Å²) in [5.74, 6) is 1.27. The lowest BCUT2D eigenvalue weighted by Crippen LogP contribution is -2.56. The highest BCUT2D eigenvalue weighted by Crippen LogP contribution is 2.60. The Morgan fingerprint density at radius 3 is 1.96 bits per heavy atom. The number of carbonyl (C=O) groups is 2. The second kappa shape index (κ2) is 6.94. The second-order valence-electron chi connectivity index (χ2n) is 8.59. The summed E-state index contributed by atoms with van der Waals surface area (Å²) in [6.07, 6.45) is 4.63. The zero-order valence-electron chi connectivity index (χ0n) is 15.4. The average molecular weight is 392 g/mol. The van der Waals surface area contributed by atoms with Crippen LogP contribution in [0.1, 0.15) is 49.7 Å². The Morgan fingerprint density at radius 1 is 0.929 bits per heavy atom. The molecule has 7 heteroatoms. The molecule has 0 saturated heterocycles. The number of halogens is 3. The van der Waals surface area contributed by atoms with E-state index in [1.54, 1.807) is 0 Å². The monoisotopic (exact) mass is 392 g/mol. The van der Waals surface area contributed by atoms with Gasteiger partial charge in [0.15, 0.2) is 0 Å². The number of hydrazine groups is 1. The topological polar surface area (TPSA) is 58.2 Å². The van der Waals surface area contributed by atoms with Gasteiger partial charge in [-0.15, -0.1) is 0 Å². The third kappa shape index (κ3) is 3.80. The summed E-state index contributed by atoms with van der Waals surface area (Å²) in [5, 5.41) is 0. The molecule has 28 heavy (non-hydrogen) atoms. The van der Waals surface area contributed by atoms with Gasteiger partial charge in [0.25, 0.3) is 5.91 Å². The van der Waals surface area contributed by atoms with Crippen LogP contribution in [0.5, 0.6) is 0 Å². The first kappa shape index (κ1) is 19.0. The van der Waals surface area contributed by atoms with E-state index in [9.17, 15) is 22.8 Å². The van der Waals surface area contributed by atoms with E-state index in [4.69, 9.17) is 0 Å². The normalized spacial score (nSPS) is 31.2. The Bertz CT molecular complexity index is 764. The van der Waals surface area contributed by atoms with Gasteiger partial charge in [0.05, 0.1) is 11.0 Å². The predicted molar refractivity (Wildman–Crippen MR) is 97.4 cm³/mol. The van der Waals surface area contributed by atoms with E-state index in [1.807, 2.05) is 0 Å². The molecule has 1 aromatic carbocycles. The standard InChI is InChI=1S/C21H23F3N2O2/c22-21(23,24)17-4-1-13(2-5-17)3-6-18(27)25-26-19(28)20-10-14-7-15(11-20)9-16(8-14)12-20/h1-6,14-16H,7-12H2,(H,25,27)(H,26,28)/b6-3+. The van der Waals surface area contributed by atoms with Crippen molar-refractivity contribution in [3.63, 3.8) is 0 Å². The van der Waals surface area contributed by atoms with Gasteiger partial charge in [-0.25, -0.2) is 0 Å². The number of rotatable bonds is 3. The molecule has 0 atom stereocenters. The van der Waals surface area contributed by atoms with Gasteiger partial charge in [0.2, 0.25) is 5.91 Å². The van der Waals surface area contributed by atoms with Crippen molar-refractivity contribution < 1.29 is 22.8 Å². The first-order valence-corrected chi connectivity index (χ1v) is 9.69. The van der Waals surface area contributed by atoms with Crippen molar-refractivity contribution in [2.45, 2.75) is 44.7 Å². The van der Waals surface area contributed by atoms with Crippen molar-refractivity contribution in [3.05, 3.63) is 41.5 Å². The fourth-order valence-electron chi connectivity index (χ4n) is 5.64. The Labute approximate surface area is 161 Å². The maximum absolute atomic E-state index is 12.8. The van der Waals surface area contributed by atoms with Crippen LogP contribution in [0.2, 0.25) is 0 Å². The van der Waals surface area contributed by atoms with Gasteiger partial charge in [-0.3, -0.25) is 20.4 Å². The van der Waals surface area contributed by atoms with Gasteiger partial charge in [0, 0.05) is 6.08 Å². The molecule has 4 bridgehead atoms. The van der Waals surface area contributed by atoms with Gasteiger partial charge >= 0.3 is 6.18 Å². The van der Waals surface area contributed by atoms with Crippen molar-refractivity contribution >= 4 is 17.9 Å². The van der Waals surface area contributed by atoms with Gasteiger partial charge in [-0.05, 0) is 80.1 Å². The van der Waals surface area contributed by atoms with E-state index in [1.165, 1.54) is 43.5 Å². The van der Waals surface area contributed by atoms with Crippen LogP contribution in [-0.4, -0.2) is 11.8 Å². The molecule has 0 spiro atoms. The van der Waals surface area contributed by atoms with E-state index in [0.29, 0.717) is 23.3 Å². The summed E-state index contributed by atoms with van der Waals surface area (Å²) in [6.45, 7) is 0. The fraction of sp³-hybridized carbons (Fsp3) is 0.524. The minimum Gasteiger partial charge on any atom is -0.273 e. The highest BCUT2D eigenvalue weighted by atomic mass is 19.4. The molecule has 4 fully saturated rings. The second-order valence-corrected chi connectivity index (χ2v) is 8.59. The van der Waals surface area contributed by atoms with Gasteiger partial charge in [-0.2, -0.15) is 13.2 Å². The zero-order valence-corrected chi connectivity index (χ0v) is 15.4. The summed E-state index contributed by atoms with van der Waals surface area (Å²) >= 11 is 0. The van der Waals surface area contributed by atoms with E-state index in [0.717, 1.165) is 31.4 Å². The minimum absolute atomic E-state index is 0.108. The number of amides is 2. The van der Waals surface area contributed by atoms with Crippen molar-refractivity contribution in [2.24, 2.45) is 23.2 Å². The van der Waals surface area contributed by atoms with Crippen molar-refractivity contribution in [2.75, 3.05) is 0 Å². The molecule has 2 N–H and O–H groups in total. The number of benzene rings is 1. The van der Waals surface area contributed by atoms with Crippen LogP contribution in [0, 0.1) is 23.2 Å². The third-order valence-electron chi connectivity index (χ3n) is 6.48. The lowest BCUT2D eigenvalue weighted by Gasteiger charge is -2.55. The number of alkyl halides is 3. The molecule has 4 aliphatic carbocycles. The van der Waals surface area contributed by atoms with Crippen LogP contribution in [0.4, 0.5) is 13.2 Å². The maximum atomic E-state index is 12.8. The third-order valence-corrected chi connectivity index (χ3v) is 6.48. The van der Waals surface area contributed by atoms with Crippen LogP contribution in [-0.2, 0) is 15.8 Å². The molecular weight excluding hydrogens is 369 g/mol. The Balaban J connectivity index is 1.31. The maximum Gasteiger partial charge on any atom is 0.416 e. The van der Waals surface area contributed by atoms with E-state index >= 15 is 0 Å². The highest BCUT2D eigenvalue weighted by Gasteiger charge is 2.54. The lowest BCUT2D eigenvalue weighted by molar-refractivity contribution is -0.148. The summed E-state index contributed by atoms with van der Waals surface area (Å²) in [4.78, 5) is 24.7. The molecule has 150 valence electrons. The van der Waals surface area contributed by atoms with Gasteiger partial charge in [-0.1, -0.05) is 12.1 Å². The van der Waals surface area contributed by atoms with Gasteiger partial charge < -0.3 is 0 Å². The van der Waals surface area contributed by atoms with Crippen LogP contribution in [0.25, 0.3) is 6.08 Å². The summed E-state index contributed by atoms with van der Waals surface area (Å²) in [7, 11) is 0. The minimum atomic E-state index is -4.39. The van der Waals surface area contributed by atoms with Crippen molar-refractivity contribution in [3.8, 4) is 0 Å². The average Bonchev–Trinajstić information content (AvgIpc) is 2.63. The number of hydrogen-bond acceptors (Lipinski definition) is 2. The quantitative estimate of drug-likeness (QED) is 0.602. The lowest BCUT2D eigenvalue weighted by atomic mass is 9.49. The first-order chi connectivity index (χ1) is 13.2. The number of nitrogens with one attached hydrogen (secondary N) is 2. The van der Waals surface area contributed by atoms with Crippen molar-refractivity contribution in [1.29, 1.82) is 0 Å². The first-order valence-electron chi connectivity index (χ1n) is 9.69. The van der Waals surface area contributed by atoms with Crippen LogP contribution in [0.15, 0.2) is 30.3 Å². The fourth-order valence-corrected chi connectivity index (χ4v) is 5.64. The summed E-state index contributed by atoms with van der Waals surface area (Å²) < 4.78 is 37.7. The Morgan fingerprint density at radius 2 is 1.46 bits per heavy atom. The van der Waals surface area contributed by atoms with Crippen LogP contribution in [0.3, 0.4) is 0 Å². The number of carbonyl (C=O) groups excluding carboxylic acids is 2. The molecule has 4 saturated carbocycles. The van der Waals surface area contributed by atoms with Crippen LogP contribution >= 0.6 is 0 Å². The smallest absolute Gasteiger partial charge is 0.273 e. The Hall–Kier alpha value is -2.31. The SMILES string of the molecule is O=C(/C=C/c1ccc(C(F)(F)F)cc1)NNC(=O)C12CC3CC(CC(C3)C1)C2. The molecule has 0 unspecified atom stereocenters. The summed E-state index contributed by atoms with van der Waals surface area (Å²) in [6, 6.07) is 4.51. The molecule has 0 radical (unpaired) electrons. The zero-order chi connectivity index (χ0) is 19.9. The van der Waals surface area contributed by atoms with E-state index in [2.05, 4.69) is 10.9 Å². The molecule has 1 aromatic rings. The molecule has 0 aliphatic heterocycles. The van der Waals surface area contributed by atoms with Crippen molar-refractivity contribution in [1.82, 2.24) is 10.9 Å². The molecule has 0 aromatic heterocycles. The van der Waals surface area contributed by atoms with E-state index < -0.39 is 17.6 Å². The largest absolute Gasteiger partial charge is 0.416 e. The highest BCUT2D eigenvalue weighted by molar-refractivity contribution is 5.94. The molecule has 0 heterocycles. The van der Waals surface area contributed by atoms with Crippen LogP contribution < -0.4 is 10.9 Å². The van der Waals surface area contributed by atoms with Gasteiger partial charge in [0.1, 0.15) is 0 Å².